The first-order valence-electron chi connectivity index (χ1n) is 12.8. The lowest BCUT2D eigenvalue weighted by Crippen LogP contribution is -2.42. The second-order valence-electron chi connectivity index (χ2n) is 11.6. The van der Waals surface area contributed by atoms with Crippen LogP contribution in [0.1, 0.15) is 112 Å². The Morgan fingerprint density at radius 3 is 2.61 bits per heavy atom. The van der Waals surface area contributed by atoms with E-state index in [0.717, 1.165) is 41.2 Å². The molecule has 0 aromatic rings. The first-order valence-corrected chi connectivity index (χ1v) is 13.4. The summed E-state index contributed by atoms with van der Waals surface area (Å²) in [6, 6.07) is 0. The van der Waals surface area contributed by atoms with Crippen LogP contribution in [0, 0.1) is 40.9 Å². The maximum absolute atomic E-state index is 3.33. The van der Waals surface area contributed by atoms with Crippen molar-refractivity contribution < 1.29 is 0 Å². The zero-order valence-electron chi connectivity index (χ0n) is 19.7. The maximum Gasteiger partial charge on any atom is -0.00852 e. The van der Waals surface area contributed by atoms with E-state index in [4.69, 9.17) is 0 Å². The van der Waals surface area contributed by atoms with E-state index in [1.54, 1.807) is 0 Å². The van der Waals surface area contributed by atoms with Crippen LogP contribution in [-0.4, -0.2) is 5.66 Å². The van der Waals surface area contributed by atoms with Crippen LogP contribution in [0.25, 0.3) is 0 Å². The molecule has 3 rings (SSSR count). The predicted molar refractivity (Wildman–Crippen MR) is 129 cm³/mol. The Bertz CT molecular complexity index is 520. The van der Waals surface area contributed by atoms with Gasteiger partial charge in [-0.05, 0) is 91.5 Å². The van der Waals surface area contributed by atoms with Gasteiger partial charge in [0.05, 0.1) is 0 Å². The van der Waals surface area contributed by atoms with Crippen LogP contribution < -0.4 is 0 Å². The molecule has 0 amide bonds. The molecule has 0 spiro atoms. The first-order chi connectivity index (χ1) is 13.3. The third kappa shape index (κ3) is 5.07. The minimum atomic E-state index is 0.526. The van der Waals surface area contributed by atoms with Crippen molar-refractivity contribution in [2.75, 3.05) is 0 Å². The Morgan fingerprint density at radius 2 is 1.86 bits per heavy atom. The summed E-state index contributed by atoms with van der Waals surface area (Å²) in [6.07, 6.45) is 20.0. The van der Waals surface area contributed by atoms with Gasteiger partial charge in [-0.3, -0.25) is 0 Å². The third-order valence-corrected chi connectivity index (χ3v) is 10.1. The van der Waals surface area contributed by atoms with Gasteiger partial charge in [-0.2, -0.15) is 0 Å². The van der Waals surface area contributed by atoms with Crippen molar-refractivity contribution in [1.82, 2.24) is 0 Å². The highest BCUT2D eigenvalue weighted by Crippen LogP contribution is 2.57. The van der Waals surface area contributed by atoms with Crippen LogP contribution in [-0.2, 0) is 0 Å². The van der Waals surface area contributed by atoms with Crippen LogP contribution in [0.2, 0.25) is 0 Å². The topological polar surface area (TPSA) is 0 Å². The van der Waals surface area contributed by atoms with E-state index in [9.17, 15) is 0 Å². The molecule has 0 aromatic carbocycles. The quantitative estimate of drug-likeness (QED) is 0.317. The summed E-state index contributed by atoms with van der Waals surface area (Å²) in [7, 11) is 3.33. The summed E-state index contributed by atoms with van der Waals surface area (Å²) >= 11 is 0. The number of hydrogen-bond acceptors (Lipinski definition) is 0. The van der Waals surface area contributed by atoms with Crippen molar-refractivity contribution in [3.63, 3.8) is 0 Å². The standard InChI is InChI=1S/C27H49P/c1-19(2)9-8-10-20(3)23-15-17-26(28)24-14-13-22-11-6-7-18-27(22,5)25(24)16-12-21(23)4/h13,19-21,23-26H,6-12,14-18,28H2,1-5H3/t20?,21-,23?,24?,25?,26?,27-/m0/s1. The van der Waals surface area contributed by atoms with Gasteiger partial charge < -0.3 is 0 Å². The fourth-order valence-electron chi connectivity index (χ4n) is 7.38. The fourth-order valence-corrected chi connectivity index (χ4v) is 8.00. The van der Waals surface area contributed by atoms with Crippen molar-refractivity contribution in [2.24, 2.45) is 40.9 Å². The van der Waals surface area contributed by atoms with E-state index in [1.165, 1.54) is 77.0 Å². The molecule has 0 nitrogen and oxygen atoms in total. The summed E-state index contributed by atoms with van der Waals surface area (Å²) < 4.78 is 0. The van der Waals surface area contributed by atoms with Gasteiger partial charge in [-0.1, -0.05) is 78.4 Å². The lowest BCUT2D eigenvalue weighted by molar-refractivity contribution is 0.0918. The summed E-state index contributed by atoms with van der Waals surface area (Å²) in [5.74, 6) is 5.48. The first kappa shape index (κ1) is 22.8. The predicted octanol–water partition coefficient (Wildman–Crippen LogP) is 8.66. The van der Waals surface area contributed by atoms with Gasteiger partial charge >= 0.3 is 0 Å². The molecule has 0 N–H and O–H groups in total. The molecule has 0 saturated heterocycles. The average molecular weight is 405 g/mol. The molecule has 3 aliphatic carbocycles. The van der Waals surface area contributed by atoms with Gasteiger partial charge in [0.25, 0.3) is 0 Å². The molecule has 162 valence electrons. The van der Waals surface area contributed by atoms with Crippen molar-refractivity contribution in [3.8, 4) is 0 Å². The minimum absolute atomic E-state index is 0.526. The largest absolute Gasteiger partial charge is 0.134 e. The monoisotopic (exact) mass is 404 g/mol. The highest BCUT2D eigenvalue weighted by molar-refractivity contribution is 7.17. The van der Waals surface area contributed by atoms with Crippen LogP contribution in [0.3, 0.4) is 0 Å². The Morgan fingerprint density at radius 1 is 1.07 bits per heavy atom. The van der Waals surface area contributed by atoms with Gasteiger partial charge in [0.1, 0.15) is 0 Å². The molecule has 28 heavy (non-hydrogen) atoms. The number of rotatable bonds is 5. The molecule has 0 heterocycles. The van der Waals surface area contributed by atoms with E-state index in [2.05, 4.69) is 49.9 Å². The molecule has 3 aliphatic rings. The summed E-state index contributed by atoms with van der Waals surface area (Å²) in [5, 5.41) is 0. The summed E-state index contributed by atoms with van der Waals surface area (Å²) in [4.78, 5) is 0. The van der Waals surface area contributed by atoms with Crippen molar-refractivity contribution >= 4 is 9.24 Å². The van der Waals surface area contributed by atoms with E-state index >= 15 is 0 Å². The van der Waals surface area contributed by atoms with Gasteiger partial charge in [0.2, 0.25) is 0 Å². The normalized spacial score (nSPS) is 40.5. The maximum atomic E-state index is 3.33. The molecule has 0 aliphatic heterocycles. The van der Waals surface area contributed by atoms with Crippen LogP contribution >= 0.6 is 9.24 Å². The lowest BCUT2D eigenvalue weighted by atomic mass is 9.55. The SMILES string of the molecule is CC(C)CCCC(C)C1CCC(P)C2CC=C3CCCC[C@]3(C)C2CC[C@@H]1C. The molecule has 0 aromatic heterocycles. The average Bonchev–Trinajstić information content (AvgIpc) is 2.70. The Balaban J connectivity index is 1.70. The van der Waals surface area contributed by atoms with Gasteiger partial charge in [0.15, 0.2) is 0 Å². The lowest BCUT2D eigenvalue weighted by Gasteiger charge is -2.51. The molecule has 1 heteroatoms. The summed E-state index contributed by atoms with van der Waals surface area (Å²) in [6.45, 7) is 12.6. The summed E-state index contributed by atoms with van der Waals surface area (Å²) in [5.41, 5.74) is 3.21. The molecule has 0 radical (unpaired) electrons. The van der Waals surface area contributed by atoms with Crippen molar-refractivity contribution in [1.29, 1.82) is 0 Å². The van der Waals surface area contributed by atoms with E-state index in [1.807, 2.05) is 5.57 Å². The van der Waals surface area contributed by atoms with E-state index in [-0.39, 0.29) is 0 Å². The zero-order valence-corrected chi connectivity index (χ0v) is 20.8. The smallest absolute Gasteiger partial charge is 0.00852 e. The molecular formula is C27H49P. The zero-order chi connectivity index (χ0) is 20.3. The number of hydrogen-bond donors (Lipinski definition) is 0. The second kappa shape index (κ2) is 9.98. The second-order valence-corrected chi connectivity index (χ2v) is 12.5. The van der Waals surface area contributed by atoms with Crippen LogP contribution in [0.15, 0.2) is 11.6 Å². The highest BCUT2D eigenvalue weighted by atomic mass is 31.0. The van der Waals surface area contributed by atoms with Crippen molar-refractivity contribution in [2.45, 2.75) is 117 Å². The van der Waals surface area contributed by atoms with Crippen molar-refractivity contribution in [3.05, 3.63) is 11.6 Å². The molecule has 2 fully saturated rings. The molecule has 2 saturated carbocycles. The fraction of sp³-hybridized carbons (Fsp3) is 0.926. The van der Waals surface area contributed by atoms with Gasteiger partial charge in [0, 0.05) is 0 Å². The minimum Gasteiger partial charge on any atom is -0.134 e. The van der Waals surface area contributed by atoms with Crippen LogP contribution in [0.4, 0.5) is 0 Å². The molecule has 8 atom stereocenters. The Kier molecular flexibility index (Phi) is 8.15. The Labute approximate surface area is 179 Å². The van der Waals surface area contributed by atoms with Gasteiger partial charge in [-0.25, -0.2) is 0 Å². The van der Waals surface area contributed by atoms with Crippen LogP contribution in [0.5, 0.6) is 0 Å². The molecule has 6 unspecified atom stereocenters. The highest BCUT2D eigenvalue weighted by Gasteiger charge is 2.46. The number of allylic oxidation sites excluding steroid dienone is 2. The molecule has 0 bridgehead atoms. The molecular weight excluding hydrogens is 355 g/mol. The van der Waals surface area contributed by atoms with Gasteiger partial charge in [-0.15, -0.1) is 9.24 Å². The Hall–Kier alpha value is 0.170. The third-order valence-electron chi connectivity index (χ3n) is 9.32. The number of fused-ring (bicyclic) bond motifs is 3. The van der Waals surface area contributed by atoms with E-state index < -0.39 is 0 Å². The van der Waals surface area contributed by atoms with E-state index in [0.29, 0.717) is 5.41 Å².